The minimum absolute atomic E-state index is 0.00681. The highest BCUT2D eigenvalue weighted by Crippen LogP contribution is 2.45. The van der Waals surface area contributed by atoms with Crippen molar-refractivity contribution < 1.29 is 53.3 Å². The molecule has 0 saturated carbocycles. The Bertz CT molecular complexity index is 1330. The Morgan fingerprint density at radius 3 is 2.49 bits per heavy atom. The summed E-state index contributed by atoms with van der Waals surface area (Å²) in [5.41, 5.74) is 0.579. The molecule has 0 spiro atoms. The zero-order valence-electron chi connectivity index (χ0n) is 18.1. The lowest BCUT2D eigenvalue weighted by atomic mass is 9.99. The predicted molar refractivity (Wildman–Crippen MR) is 116 cm³/mol. The van der Waals surface area contributed by atoms with E-state index in [9.17, 15) is 24.9 Å². The van der Waals surface area contributed by atoms with Gasteiger partial charge in [0.25, 0.3) is 0 Å². The van der Waals surface area contributed by atoms with Gasteiger partial charge in [0.2, 0.25) is 24.3 Å². The fourth-order valence-electron chi connectivity index (χ4n) is 4.00. The second-order valence-electron chi connectivity index (χ2n) is 7.87. The van der Waals surface area contributed by atoms with Crippen LogP contribution >= 0.6 is 0 Å². The first kappa shape index (κ1) is 22.9. The summed E-state index contributed by atoms with van der Waals surface area (Å²) in [7, 11) is 1.40. The normalized spacial score (nSPS) is 25.4. The predicted octanol–water partition coefficient (Wildman–Crippen LogP) is 0.468. The second-order valence-corrected chi connectivity index (χ2v) is 7.87. The van der Waals surface area contributed by atoms with Crippen molar-refractivity contribution in [1.82, 2.24) is 0 Å². The molecule has 0 bridgehead atoms. The molecular weight excluding hydrogens is 468 g/mol. The van der Waals surface area contributed by atoms with Crippen LogP contribution in [0.4, 0.5) is 0 Å². The van der Waals surface area contributed by atoms with E-state index in [0.29, 0.717) is 17.1 Å². The van der Waals surface area contributed by atoms with E-state index < -0.39 is 36.7 Å². The average molecular weight is 488 g/mol. The number of carbonyl (C=O) groups is 1. The largest absolute Gasteiger partial charge is 0.492 e. The maximum atomic E-state index is 13.3. The number of ether oxygens (including phenoxy) is 5. The summed E-state index contributed by atoms with van der Waals surface area (Å²) >= 11 is 0. The molecule has 0 unspecified atom stereocenters. The molecule has 2 aromatic carbocycles. The third kappa shape index (κ3) is 3.82. The minimum atomic E-state index is -1.83. The molecule has 3 heterocycles. The second kappa shape index (κ2) is 8.74. The number of fused-ring (bicyclic) bond motifs is 2. The van der Waals surface area contributed by atoms with Gasteiger partial charge in [-0.2, -0.15) is 0 Å². The van der Waals surface area contributed by atoms with Crippen molar-refractivity contribution in [2.24, 2.45) is 0 Å². The first-order chi connectivity index (χ1) is 16.8. The van der Waals surface area contributed by atoms with Crippen LogP contribution < -0.4 is 24.4 Å². The quantitative estimate of drug-likeness (QED) is 0.391. The van der Waals surface area contributed by atoms with Gasteiger partial charge in [-0.15, -0.1) is 0 Å². The van der Waals surface area contributed by atoms with Crippen LogP contribution in [-0.2, 0) is 9.53 Å². The van der Waals surface area contributed by atoms with E-state index in [4.69, 9.17) is 33.2 Å². The first-order valence-electron chi connectivity index (χ1n) is 10.4. The summed E-state index contributed by atoms with van der Waals surface area (Å²) in [4.78, 5) is 24.5. The van der Waals surface area contributed by atoms with Gasteiger partial charge in [-0.1, -0.05) is 12.1 Å². The Balaban J connectivity index is 1.44. The van der Waals surface area contributed by atoms with E-state index in [2.05, 4.69) is 0 Å². The summed E-state index contributed by atoms with van der Waals surface area (Å²) in [6.45, 7) is -0.00681. The Morgan fingerprint density at radius 1 is 1.06 bits per heavy atom. The highest BCUT2D eigenvalue weighted by atomic mass is 16.7. The van der Waals surface area contributed by atoms with Gasteiger partial charge < -0.3 is 48.5 Å². The molecule has 3 aromatic rings. The maximum absolute atomic E-state index is 13.3. The van der Waals surface area contributed by atoms with Crippen LogP contribution in [-0.4, -0.2) is 71.0 Å². The molecule has 35 heavy (non-hydrogen) atoms. The van der Waals surface area contributed by atoms with Crippen LogP contribution in [0, 0.1) is 0 Å². The monoisotopic (exact) mass is 488 g/mol. The molecule has 0 radical (unpaired) electrons. The molecule has 1 fully saturated rings. The maximum Gasteiger partial charge on any atom is 0.335 e. The first-order valence-corrected chi connectivity index (χ1v) is 10.4. The molecule has 2 aliphatic heterocycles. The fraction of sp³-hybridized carbons (Fsp3) is 0.304. The average Bonchev–Trinajstić information content (AvgIpc) is 3.32. The van der Waals surface area contributed by atoms with Gasteiger partial charge in [-0.05, 0) is 17.7 Å². The number of hydrogen-bond donors (Lipinski definition) is 4. The Kier molecular flexibility index (Phi) is 5.73. The van der Waals surface area contributed by atoms with Crippen LogP contribution in [0.2, 0.25) is 0 Å². The summed E-state index contributed by atoms with van der Waals surface area (Å²) < 4.78 is 32.4. The van der Waals surface area contributed by atoms with Gasteiger partial charge in [0, 0.05) is 6.07 Å². The Hall–Kier alpha value is -3.84. The molecule has 5 atom stereocenters. The zero-order chi connectivity index (χ0) is 24.9. The van der Waals surface area contributed by atoms with Gasteiger partial charge in [-0.25, -0.2) is 4.79 Å². The van der Waals surface area contributed by atoms with Crippen LogP contribution in [0.3, 0.4) is 0 Å². The van der Waals surface area contributed by atoms with Crippen LogP contribution in [0.5, 0.6) is 23.0 Å². The number of hydrogen-bond acceptors (Lipinski definition) is 11. The molecule has 1 aromatic heterocycles. The highest BCUT2D eigenvalue weighted by molar-refractivity contribution is 5.91. The van der Waals surface area contributed by atoms with Gasteiger partial charge in [0.05, 0.1) is 12.7 Å². The molecule has 5 rings (SSSR count). The van der Waals surface area contributed by atoms with E-state index in [1.54, 1.807) is 18.2 Å². The third-order valence-electron chi connectivity index (χ3n) is 5.79. The summed E-state index contributed by atoms with van der Waals surface area (Å²) in [5, 5.41) is 39.2. The lowest BCUT2D eigenvalue weighted by Gasteiger charge is -2.38. The topological polar surface area (TPSA) is 174 Å². The van der Waals surface area contributed by atoms with Crippen molar-refractivity contribution >= 4 is 16.9 Å². The number of carboxylic acid groups (broad SMARTS) is 1. The van der Waals surface area contributed by atoms with E-state index >= 15 is 0 Å². The zero-order valence-corrected chi connectivity index (χ0v) is 18.1. The van der Waals surface area contributed by atoms with E-state index in [0.717, 1.165) is 0 Å². The number of methoxy groups -OCH3 is 1. The molecule has 12 heteroatoms. The number of aliphatic hydroxyl groups excluding tert-OH is 3. The third-order valence-corrected chi connectivity index (χ3v) is 5.79. The summed E-state index contributed by atoms with van der Waals surface area (Å²) in [6.07, 6.45) is -7.36. The van der Waals surface area contributed by atoms with Gasteiger partial charge in [0.15, 0.2) is 17.6 Å². The van der Waals surface area contributed by atoms with Crippen LogP contribution in [0.1, 0.15) is 0 Å². The lowest BCUT2D eigenvalue weighted by Crippen LogP contribution is -2.61. The van der Waals surface area contributed by atoms with Crippen molar-refractivity contribution in [2.75, 3.05) is 13.9 Å². The minimum Gasteiger partial charge on any atom is -0.492 e. The van der Waals surface area contributed by atoms with E-state index in [-0.39, 0.29) is 40.3 Å². The van der Waals surface area contributed by atoms with Crippen LogP contribution in [0.25, 0.3) is 22.1 Å². The summed E-state index contributed by atoms with van der Waals surface area (Å²) in [6, 6.07) is 7.55. The van der Waals surface area contributed by atoms with Gasteiger partial charge in [0.1, 0.15) is 41.3 Å². The number of carboxylic acids is 1. The number of aliphatic hydroxyl groups is 3. The number of aliphatic carboxylic acids is 1. The number of benzene rings is 2. The standard InChI is InChI=1S/C23H20O12/c1-30-20-14-12(6-13-19(20)33-8-32-13)31-7-11(15(14)24)9-2-4-10(5-3-9)34-23-18(27)16(25)17(26)21(35-23)22(28)29/h2-7,16-18,21,23,25-27H,8H2,1H3,(H,28,29)/t16-,17-,18+,21-,23+/m0/s1. The SMILES string of the molecule is COc1c2c(cc3occ(-c4ccc(O[C@@H]5O[C@H](C(=O)O)[C@@H](O)[C@H](O)[C@H]5O)cc4)c(=O)c13)OCO2. The van der Waals surface area contributed by atoms with Crippen LogP contribution in [0.15, 0.2) is 45.8 Å². The molecule has 12 nitrogen and oxygen atoms in total. The van der Waals surface area contributed by atoms with Crippen molar-refractivity contribution in [1.29, 1.82) is 0 Å². The smallest absolute Gasteiger partial charge is 0.335 e. The van der Waals surface area contributed by atoms with Gasteiger partial charge in [-0.3, -0.25) is 4.79 Å². The number of rotatable bonds is 5. The van der Waals surface area contributed by atoms with Gasteiger partial charge >= 0.3 is 5.97 Å². The molecule has 4 N–H and O–H groups in total. The van der Waals surface area contributed by atoms with Crippen molar-refractivity contribution in [3.8, 4) is 34.1 Å². The Morgan fingerprint density at radius 2 is 1.80 bits per heavy atom. The highest BCUT2D eigenvalue weighted by Gasteiger charge is 2.48. The van der Waals surface area contributed by atoms with Crippen molar-refractivity contribution in [3.05, 3.63) is 46.8 Å². The fourth-order valence-corrected chi connectivity index (χ4v) is 4.00. The van der Waals surface area contributed by atoms with Crippen molar-refractivity contribution in [2.45, 2.75) is 30.7 Å². The molecule has 1 saturated heterocycles. The molecule has 0 aliphatic carbocycles. The van der Waals surface area contributed by atoms with E-state index in [1.165, 1.54) is 25.5 Å². The molecule has 184 valence electrons. The molecular formula is C23H20O12. The lowest BCUT2D eigenvalue weighted by molar-refractivity contribution is -0.271. The van der Waals surface area contributed by atoms with Crippen molar-refractivity contribution in [3.63, 3.8) is 0 Å². The summed E-state index contributed by atoms with van der Waals surface area (Å²) in [5.74, 6) is -0.458. The molecule has 0 amide bonds. The molecule has 2 aliphatic rings. The Labute approximate surface area is 196 Å². The van der Waals surface area contributed by atoms with E-state index in [1.807, 2.05) is 0 Å².